The highest BCUT2D eigenvalue weighted by Gasteiger charge is 2.64. The number of nitrogens with one attached hydrogen (secondary N) is 1. The van der Waals surface area contributed by atoms with Gasteiger partial charge in [-0.3, -0.25) is 14.7 Å². The van der Waals surface area contributed by atoms with Gasteiger partial charge in [-0.2, -0.15) is 26.3 Å². The molecule has 14 unspecified atom stereocenters. The maximum absolute atomic E-state index is 14.1. The molecule has 9 fully saturated rings. The molecule has 278 valence electrons. The second-order valence-corrected chi connectivity index (χ2v) is 18.4. The third-order valence-corrected chi connectivity index (χ3v) is 16.5. The van der Waals surface area contributed by atoms with E-state index in [0.29, 0.717) is 18.0 Å². The third kappa shape index (κ3) is 5.84. The highest BCUT2D eigenvalue weighted by molar-refractivity contribution is 5.16. The van der Waals surface area contributed by atoms with E-state index in [1.807, 2.05) is 0 Å². The first-order chi connectivity index (χ1) is 23.6. The summed E-state index contributed by atoms with van der Waals surface area (Å²) >= 11 is 0. The number of rotatable bonds is 3. The van der Waals surface area contributed by atoms with Crippen molar-refractivity contribution in [3.63, 3.8) is 0 Å². The lowest BCUT2D eigenvalue weighted by Gasteiger charge is -2.50. The summed E-state index contributed by atoms with van der Waals surface area (Å²) in [6, 6.07) is 3.27. The van der Waals surface area contributed by atoms with Crippen molar-refractivity contribution in [3.05, 3.63) is 0 Å². The zero-order valence-electron chi connectivity index (χ0n) is 29.3. The topological polar surface area (TPSA) is 21.8 Å². The standard InChI is InChI=1S/C39H60F6N4/c40-38(41,42)28-15-14-25(20-29(28)39(43,44)45)47-19-18-23-22-46-35(21-34(23)47)49-31-13-7-5-11-27(31)37-33(49)17-16-32-36(37)26-10-4-6-12-30(26)48(32)24-8-2-1-3-9-24/h23-37,46H,1-22H2. The Kier molecular flexibility index (Phi) is 9.12. The normalized spacial score (nSPS) is 48.9. The minimum atomic E-state index is -4.82. The number of nitrogens with zero attached hydrogens (tertiary/aromatic N) is 3. The van der Waals surface area contributed by atoms with Crippen molar-refractivity contribution in [2.75, 3.05) is 13.1 Å². The molecule has 4 nitrogen and oxygen atoms in total. The summed E-state index contributed by atoms with van der Waals surface area (Å²) in [6.07, 6.45) is 12.2. The van der Waals surface area contributed by atoms with Gasteiger partial charge in [0, 0.05) is 48.8 Å². The number of piperidine rings is 1. The van der Waals surface area contributed by atoms with Crippen LogP contribution in [-0.4, -0.2) is 88.6 Å². The Balaban J connectivity index is 0.963. The Morgan fingerprint density at radius 3 is 1.71 bits per heavy atom. The minimum Gasteiger partial charge on any atom is -0.301 e. The van der Waals surface area contributed by atoms with Crippen LogP contribution in [0.2, 0.25) is 0 Å². The number of fused-ring (bicyclic) bond motifs is 8. The number of hydrogen-bond donors (Lipinski definition) is 1. The molecule has 0 spiro atoms. The molecular formula is C39H60F6N4. The van der Waals surface area contributed by atoms with Crippen molar-refractivity contribution in [2.45, 2.75) is 189 Å². The molecule has 49 heavy (non-hydrogen) atoms. The van der Waals surface area contributed by atoms with E-state index < -0.39 is 43.1 Å². The largest absolute Gasteiger partial charge is 0.392 e. The van der Waals surface area contributed by atoms with Crippen molar-refractivity contribution < 1.29 is 26.3 Å². The van der Waals surface area contributed by atoms with Crippen LogP contribution in [0.15, 0.2) is 0 Å². The fraction of sp³-hybridized carbons (Fsp3) is 1.00. The molecule has 0 amide bonds. The monoisotopic (exact) mass is 698 g/mol. The van der Waals surface area contributed by atoms with Gasteiger partial charge in [-0.1, -0.05) is 44.9 Å². The average molecular weight is 699 g/mol. The smallest absolute Gasteiger partial charge is 0.301 e. The van der Waals surface area contributed by atoms with Crippen molar-refractivity contribution in [2.24, 2.45) is 41.4 Å². The fourth-order valence-corrected chi connectivity index (χ4v) is 14.9. The van der Waals surface area contributed by atoms with Gasteiger partial charge < -0.3 is 5.32 Å². The zero-order valence-corrected chi connectivity index (χ0v) is 29.3. The lowest BCUT2D eigenvalue weighted by atomic mass is 9.61. The minimum absolute atomic E-state index is 0.168. The van der Waals surface area contributed by atoms with Crippen LogP contribution in [0, 0.1) is 41.4 Å². The molecule has 4 aliphatic heterocycles. The molecule has 5 aliphatic carbocycles. The molecule has 4 saturated heterocycles. The van der Waals surface area contributed by atoms with Gasteiger partial charge in [-0.15, -0.1) is 0 Å². The number of alkyl halides is 6. The summed E-state index contributed by atoms with van der Waals surface area (Å²) in [5, 5.41) is 4.02. The van der Waals surface area contributed by atoms with E-state index in [-0.39, 0.29) is 18.6 Å². The second kappa shape index (κ2) is 13.1. The van der Waals surface area contributed by atoms with E-state index in [0.717, 1.165) is 67.7 Å². The molecule has 14 atom stereocenters. The summed E-state index contributed by atoms with van der Waals surface area (Å²) in [5.41, 5.74) is 0. The predicted octanol–water partition coefficient (Wildman–Crippen LogP) is 8.75. The molecule has 0 aromatic rings. The van der Waals surface area contributed by atoms with Crippen LogP contribution in [0.4, 0.5) is 26.3 Å². The first kappa shape index (κ1) is 34.2. The molecule has 0 aromatic carbocycles. The van der Waals surface area contributed by atoms with Gasteiger partial charge in [0.05, 0.1) is 18.0 Å². The number of halogens is 6. The number of hydrogen-bond acceptors (Lipinski definition) is 4. The molecular weight excluding hydrogens is 638 g/mol. The first-order valence-electron chi connectivity index (χ1n) is 20.8. The molecule has 4 heterocycles. The SMILES string of the molecule is FC(F)(F)C1CCC(N2CCC3CNC(N4C5CCCCC5C5C6C7CCCCC7N(C7CCCCC7)C6CCC54)CC32)CC1C(F)(F)F. The van der Waals surface area contributed by atoms with Gasteiger partial charge in [0.25, 0.3) is 0 Å². The van der Waals surface area contributed by atoms with Gasteiger partial charge in [-0.25, -0.2) is 0 Å². The predicted molar refractivity (Wildman–Crippen MR) is 178 cm³/mol. The van der Waals surface area contributed by atoms with Gasteiger partial charge in [0.15, 0.2) is 0 Å². The lowest BCUT2D eigenvalue weighted by Crippen LogP contribution is -2.61. The summed E-state index contributed by atoms with van der Waals surface area (Å²) in [7, 11) is 0. The van der Waals surface area contributed by atoms with Crippen LogP contribution in [0.3, 0.4) is 0 Å². The van der Waals surface area contributed by atoms with E-state index >= 15 is 0 Å². The Hall–Kier alpha value is -0.580. The highest BCUT2D eigenvalue weighted by atomic mass is 19.4. The molecule has 9 rings (SSSR count). The van der Waals surface area contributed by atoms with Crippen LogP contribution in [0.25, 0.3) is 0 Å². The zero-order chi connectivity index (χ0) is 33.7. The van der Waals surface area contributed by atoms with Crippen LogP contribution >= 0.6 is 0 Å². The molecule has 10 heteroatoms. The van der Waals surface area contributed by atoms with Crippen molar-refractivity contribution in [1.29, 1.82) is 0 Å². The molecule has 9 aliphatic rings. The Morgan fingerprint density at radius 2 is 1.06 bits per heavy atom. The van der Waals surface area contributed by atoms with E-state index in [9.17, 15) is 26.3 Å². The van der Waals surface area contributed by atoms with E-state index in [2.05, 4.69) is 20.0 Å². The fourth-order valence-electron chi connectivity index (χ4n) is 14.9. The quantitative estimate of drug-likeness (QED) is 0.298. The summed E-state index contributed by atoms with van der Waals surface area (Å²) in [4.78, 5) is 8.38. The van der Waals surface area contributed by atoms with Gasteiger partial charge in [0.1, 0.15) is 0 Å². The lowest BCUT2D eigenvalue weighted by molar-refractivity contribution is -0.267. The van der Waals surface area contributed by atoms with E-state index in [1.165, 1.54) is 96.3 Å². The molecule has 0 radical (unpaired) electrons. The van der Waals surface area contributed by atoms with E-state index in [1.54, 1.807) is 0 Å². The van der Waals surface area contributed by atoms with Crippen LogP contribution in [0.5, 0.6) is 0 Å². The van der Waals surface area contributed by atoms with Crippen LogP contribution in [0.1, 0.15) is 128 Å². The Bertz CT molecular complexity index is 1170. The molecule has 0 aromatic heterocycles. The van der Waals surface area contributed by atoms with Gasteiger partial charge in [-0.05, 0) is 120 Å². The first-order valence-corrected chi connectivity index (χ1v) is 20.8. The van der Waals surface area contributed by atoms with Crippen LogP contribution < -0.4 is 5.32 Å². The average Bonchev–Trinajstić information content (AvgIpc) is 3.77. The second-order valence-electron chi connectivity index (χ2n) is 18.4. The van der Waals surface area contributed by atoms with Gasteiger partial charge >= 0.3 is 12.4 Å². The molecule has 0 bridgehead atoms. The highest BCUT2D eigenvalue weighted by Crippen LogP contribution is 2.61. The maximum atomic E-state index is 14.1. The van der Waals surface area contributed by atoms with Crippen molar-refractivity contribution >= 4 is 0 Å². The summed E-state index contributed by atoms with van der Waals surface area (Å²) in [5.74, 6) is -1.02. The Morgan fingerprint density at radius 1 is 0.469 bits per heavy atom. The number of likely N-dealkylation sites (tertiary alicyclic amines) is 3. The maximum Gasteiger partial charge on any atom is 0.392 e. The molecule has 5 saturated carbocycles. The Labute approximate surface area is 289 Å². The van der Waals surface area contributed by atoms with Crippen molar-refractivity contribution in [1.82, 2.24) is 20.0 Å². The van der Waals surface area contributed by atoms with Crippen molar-refractivity contribution in [3.8, 4) is 0 Å². The van der Waals surface area contributed by atoms with Crippen LogP contribution in [-0.2, 0) is 0 Å². The summed E-state index contributed by atoms with van der Waals surface area (Å²) < 4.78 is 83.5. The summed E-state index contributed by atoms with van der Waals surface area (Å²) in [6.45, 7) is 1.60. The third-order valence-electron chi connectivity index (χ3n) is 16.5. The van der Waals surface area contributed by atoms with Gasteiger partial charge in [0.2, 0.25) is 0 Å². The van der Waals surface area contributed by atoms with E-state index in [4.69, 9.17) is 0 Å². The molecule has 1 N–H and O–H groups in total.